The van der Waals surface area contributed by atoms with Gasteiger partial charge in [-0.2, -0.15) is 17.6 Å². The van der Waals surface area contributed by atoms with Crippen LogP contribution in [0.3, 0.4) is 0 Å². The number of hydrogen-bond acceptors (Lipinski definition) is 2. The molecule has 2 nitrogen and oxygen atoms in total. The van der Waals surface area contributed by atoms with Crippen LogP contribution in [0.4, 0.5) is 17.6 Å². The molecule has 1 radical (unpaired) electrons. The van der Waals surface area contributed by atoms with Crippen LogP contribution in [0.1, 0.15) is 5.56 Å². The van der Waals surface area contributed by atoms with Crippen LogP contribution >= 0.6 is 0 Å². The molecule has 0 aliphatic heterocycles. The molecule has 1 aromatic heterocycles. The predicted molar refractivity (Wildman–Crippen MR) is 40.3 cm³/mol. The van der Waals surface area contributed by atoms with Gasteiger partial charge < -0.3 is 4.74 Å². The zero-order valence-electron chi connectivity index (χ0n) is 6.88. The second-order valence-corrected chi connectivity index (χ2v) is 2.47. The minimum absolute atomic E-state index is 0.470. The molecule has 14 heavy (non-hydrogen) atoms. The number of ether oxygens (including phenoxy) is 1. The molecule has 0 saturated carbocycles. The molecule has 0 amide bonds. The third kappa shape index (κ3) is 2.58. The van der Waals surface area contributed by atoms with Crippen LogP contribution in [0, 0.1) is 6.92 Å². The molecule has 0 fully saturated rings. The number of pyridine rings is 1. The summed E-state index contributed by atoms with van der Waals surface area (Å²) in [5.74, 6) is -0.567. The molecule has 0 aliphatic carbocycles. The van der Waals surface area contributed by atoms with Gasteiger partial charge in [-0.25, -0.2) is 4.98 Å². The summed E-state index contributed by atoms with van der Waals surface area (Å²) in [5.41, 5.74) is 0.470. The summed E-state index contributed by atoms with van der Waals surface area (Å²) in [6.45, 7) is 3.44. The van der Waals surface area contributed by atoms with E-state index in [4.69, 9.17) is 0 Å². The van der Waals surface area contributed by atoms with Gasteiger partial charge in [-0.1, -0.05) is 6.07 Å². The fourth-order valence-electron chi connectivity index (χ4n) is 0.655. The van der Waals surface area contributed by atoms with Gasteiger partial charge in [0.1, 0.15) is 0 Å². The van der Waals surface area contributed by atoms with Crippen LogP contribution < -0.4 is 4.74 Å². The largest absolute Gasteiger partial charge is 0.462 e. The number of nitrogens with zero attached hydrogens (tertiary/aromatic N) is 1. The van der Waals surface area contributed by atoms with Gasteiger partial charge in [-0.15, -0.1) is 0 Å². The van der Waals surface area contributed by atoms with E-state index in [-0.39, 0.29) is 0 Å². The Morgan fingerprint density at radius 1 is 1.36 bits per heavy atom. The van der Waals surface area contributed by atoms with Crippen LogP contribution in [0.25, 0.3) is 0 Å². The van der Waals surface area contributed by atoms with Gasteiger partial charge in [0.05, 0.1) is 0 Å². The second kappa shape index (κ2) is 3.81. The quantitative estimate of drug-likeness (QED) is 0.712. The van der Waals surface area contributed by atoms with E-state index in [1.54, 1.807) is 0 Å². The fourth-order valence-corrected chi connectivity index (χ4v) is 0.655. The summed E-state index contributed by atoms with van der Waals surface area (Å²) >= 11 is 0. The highest BCUT2D eigenvalue weighted by molar-refractivity contribution is 5.19. The normalized spacial score (nSPS) is 11.9. The molecule has 0 bridgehead atoms. The van der Waals surface area contributed by atoms with Gasteiger partial charge in [-0.3, -0.25) is 0 Å². The van der Waals surface area contributed by atoms with Crippen molar-refractivity contribution in [2.75, 3.05) is 0 Å². The van der Waals surface area contributed by atoms with E-state index in [0.29, 0.717) is 5.56 Å². The lowest BCUT2D eigenvalue weighted by atomic mass is 10.3. The maximum absolute atomic E-state index is 12.3. The zero-order chi connectivity index (χ0) is 10.8. The van der Waals surface area contributed by atoms with Crippen molar-refractivity contribution in [2.24, 2.45) is 0 Å². The van der Waals surface area contributed by atoms with Crippen molar-refractivity contribution in [3.05, 3.63) is 30.8 Å². The maximum Gasteiger partial charge on any atom is 0.462 e. The molecule has 6 heteroatoms. The average Bonchev–Trinajstić information content (AvgIpc) is 2.08. The minimum atomic E-state index is -4.52. The van der Waals surface area contributed by atoms with Gasteiger partial charge in [0.2, 0.25) is 5.88 Å². The summed E-state index contributed by atoms with van der Waals surface area (Å²) in [6.07, 6.45) is -7.27. The molecule has 1 heterocycles. The van der Waals surface area contributed by atoms with Gasteiger partial charge in [0.25, 0.3) is 0 Å². The fraction of sp³-hybridized carbons (Fsp3) is 0.250. The third-order valence-electron chi connectivity index (χ3n) is 1.29. The highest BCUT2D eigenvalue weighted by Crippen LogP contribution is 2.25. The molecular weight excluding hydrogens is 202 g/mol. The molecule has 0 unspecified atom stereocenters. The number of aromatic nitrogens is 1. The van der Waals surface area contributed by atoms with E-state index in [1.165, 1.54) is 6.07 Å². The molecule has 1 rings (SSSR count). The lowest BCUT2D eigenvalue weighted by Gasteiger charge is -2.15. The van der Waals surface area contributed by atoms with Crippen molar-refractivity contribution in [1.82, 2.24) is 4.98 Å². The number of hydrogen-bond donors (Lipinski definition) is 0. The highest BCUT2D eigenvalue weighted by atomic mass is 19.3. The highest BCUT2D eigenvalue weighted by Gasteiger charge is 2.44. The van der Waals surface area contributed by atoms with Crippen molar-refractivity contribution in [2.45, 2.75) is 12.5 Å². The van der Waals surface area contributed by atoms with Crippen LogP contribution in [0.2, 0.25) is 0 Å². The van der Waals surface area contributed by atoms with Gasteiger partial charge >= 0.3 is 12.5 Å². The first-order valence-electron chi connectivity index (χ1n) is 3.55. The maximum atomic E-state index is 12.3. The van der Waals surface area contributed by atoms with Crippen molar-refractivity contribution < 1.29 is 22.3 Å². The smallest absolute Gasteiger partial charge is 0.410 e. The molecule has 0 aliphatic rings. The van der Waals surface area contributed by atoms with Crippen molar-refractivity contribution in [3.63, 3.8) is 0 Å². The first kappa shape index (κ1) is 10.7. The molecule has 0 spiro atoms. The number of halogens is 4. The van der Waals surface area contributed by atoms with E-state index < -0.39 is 18.4 Å². The second-order valence-electron chi connectivity index (χ2n) is 2.47. The van der Waals surface area contributed by atoms with E-state index in [9.17, 15) is 17.6 Å². The van der Waals surface area contributed by atoms with Crippen molar-refractivity contribution in [3.8, 4) is 5.88 Å². The molecule has 77 valence electrons. The lowest BCUT2D eigenvalue weighted by Crippen LogP contribution is -2.33. The van der Waals surface area contributed by atoms with Gasteiger partial charge in [0, 0.05) is 12.3 Å². The Kier molecular flexibility index (Phi) is 2.93. The summed E-state index contributed by atoms with van der Waals surface area (Å²) in [4.78, 5) is 3.35. The third-order valence-corrected chi connectivity index (χ3v) is 1.29. The SMILES string of the molecule is [CH2]c1ccc(OC(F)(F)C(F)F)nc1. The Labute approximate surface area is 77.5 Å². The van der Waals surface area contributed by atoms with Gasteiger partial charge in [-0.05, 0) is 12.5 Å². The van der Waals surface area contributed by atoms with Crippen LogP contribution in [0.15, 0.2) is 18.3 Å². The standard InChI is InChI=1S/C8H6F4NO/c1-5-2-3-6(13-4-5)14-8(11,12)7(9)10/h2-4,7H,1H2. The van der Waals surface area contributed by atoms with Crippen molar-refractivity contribution in [1.29, 1.82) is 0 Å². The molecule has 0 atom stereocenters. The topological polar surface area (TPSA) is 22.1 Å². The first-order valence-corrected chi connectivity index (χ1v) is 3.55. The van der Waals surface area contributed by atoms with Crippen molar-refractivity contribution >= 4 is 0 Å². The van der Waals surface area contributed by atoms with Crippen LogP contribution in [-0.2, 0) is 0 Å². The summed E-state index contributed by atoms with van der Waals surface area (Å²) in [6, 6.07) is 2.36. The van der Waals surface area contributed by atoms with E-state index in [1.807, 2.05) is 0 Å². The van der Waals surface area contributed by atoms with Crippen LogP contribution in [0.5, 0.6) is 5.88 Å². The Morgan fingerprint density at radius 2 is 2.00 bits per heavy atom. The first-order chi connectivity index (χ1) is 6.42. The lowest BCUT2D eigenvalue weighted by molar-refractivity contribution is -0.254. The Hall–Kier alpha value is -1.33. The Morgan fingerprint density at radius 3 is 2.43 bits per heavy atom. The molecule has 0 saturated heterocycles. The number of alkyl halides is 4. The summed E-state index contributed by atoms with van der Waals surface area (Å²) < 4.78 is 51.6. The number of rotatable bonds is 3. The average molecular weight is 208 g/mol. The monoisotopic (exact) mass is 208 g/mol. The molecular formula is C8H6F4NO. The molecule has 1 aromatic rings. The minimum Gasteiger partial charge on any atom is -0.410 e. The van der Waals surface area contributed by atoms with E-state index in [2.05, 4.69) is 16.6 Å². The van der Waals surface area contributed by atoms with E-state index in [0.717, 1.165) is 12.3 Å². The van der Waals surface area contributed by atoms with Crippen LogP contribution in [-0.4, -0.2) is 17.5 Å². The molecule has 0 aromatic carbocycles. The predicted octanol–water partition coefficient (Wildman–Crippen LogP) is 2.50. The zero-order valence-corrected chi connectivity index (χ0v) is 6.88. The summed E-state index contributed by atoms with van der Waals surface area (Å²) in [5, 5.41) is 0. The van der Waals surface area contributed by atoms with E-state index >= 15 is 0 Å². The Balaban J connectivity index is 2.74. The Bertz CT molecular complexity index is 299. The summed E-state index contributed by atoms with van der Waals surface area (Å²) in [7, 11) is 0. The molecule has 0 N–H and O–H groups in total. The van der Waals surface area contributed by atoms with Gasteiger partial charge in [0.15, 0.2) is 0 Å².